The van der Waals surface area contributed by atoms with E-state index in [4.69, 9.17) is 0 Å². The molecule has 1 heterocycles. The predicted molar refractivity (Wildman–Crippen MR) is 82.7 cm³/mol. The molecule has 20 heavy (non-hydrogen) atoms. The van der Waals surface area contributed by atoms with Gasteiger partial charge in [0.25, 0.3) is 5.56 Å². The molecule has 2 rings (SSSR count). The van der Waals surface area contributed by atoms with Crippen LogP contribution in [0.4, 0.5) is 11.4 Å². The van der Waals surface area contributed by atoms with Gasteiger partial charge in [-0.1, -0.05) is 6.07 Å². The van der Waals surface area contributed by atoms with Crippen LogP contribution in [-0.2, 0) is 4.79 Å². The van der Waals surface area contributed by atoms with Crippen molar-refractivity contribution in [2.45, 2.75) is 13.8 Å². The van der Waals surface area contributed by atoms with E-state index in [9.17, 15) is 9.59 Å². The van der Waals surface area contributed by atoms with Gasteiger partial charge in [-0.2, -0.15) is 0 Å². The molecule has 0 spiro atoms. The van der Waals surface area contributed by atoms with Crippen molar-refractivity contribution < 1.29 is 4.79 Å². The molecule has 5 heteroatoms. The number of hydrogen-bond donors (Lipinski definition) is 1. The molecule has 1 amide bonds. The summed E-state index contributed by atoms with van der Waals surface area (Å²) in [6, 6.07) is 5.90. The van der Waals surface area contributed by atoms with E-state index in [0.717, 1.165) is 22.2 Å². The minimum atomic E-state index is -0.236. The highest BCUT2D eigenvalue weighted by Crippen LogP contribution is 2.25. The minimum Gasteiger partial charge on any atom is -0.378 e. The van der Waals surface area contributed by atoms with Gasteiger partial charge in [-0.05, 0) is 31.5 Å². The van der Waals surface area contributed by atoms with Gasteiger partial charge in [-0.3, -0.25) is 9.59 Å². The van der Waals surface area contributed by atoms with Crippen molar-refractivity contribution in [1.82, 2.24) is 4.98 Å². The smallest absolute Gasteiger partial charge is 0.272 e. The third kappa shape index (κ3) is 2.27. The Bertz CT molecular complexity index is 704. The van der Waals surface area contributed by atoms with Crippen LogP contribution in [0.5, 0.6) is 0 Å². The van der Waals surface area contributed by atoms with Crippen LogP contribution >= 0.6 is 0 Å². The number of nitrogens with one attached hydrogen (secondary N) is 1. The van der Waals surface area contributed by atoms with Crippen molar-refractivity contribution >= 4 is 28.7 Å². The number of H-pyrrole nitrogens is 1. The van der Waals surface area contributed by atoms with Gasteiger partial charge in [0.1, 0.15) is 5.69 Å². The largest absolute Gasteiger partial charge is 0.378 e. The quantitative estimate of drug-likeness (QED) is 0.865. The highest BCUT2D eigenvalue weighted by atomic mass is 16.1. The lowest BCUT2D eigenvalue weighted by Crippen LogP contribution is -2.28. The number of carbonyl (C=O) groups is 1. The number of benzene rings is 1. The topological polar surface area (TPSA) is 56.4 Å². The molecular formula is C15H19N3O2. The molecule has 0 aliphatic heterocycles. The van der Waals surface area contributed by atoms with Gasteiger partial charge >= 0.3 is 0 Å². The molecule has 0 aliphatic carbocycles. The lowest BCUT2D eigenvalue weighted by molar-refractivity contribution is -0.107. The summed E-state index contributed by atoms with van der Waals surface area (Å²) >= 11 is 0. The van der Waals surface area contributed by atoms with E-state index in [1.807, 2.05) is 51.0 Å². The average Bonchev–Trinajstić information content (AvgIpc) is 2.42. The summed E-state index contributed by atoms with van der Waals surface area (Å²) in [5.74, 6) is 0. The summed E-state index contributed by atoms with van der Waals surface area (Å²) in [6.07, 6.45) is 0.692. The van der Waals surface area contributed by atoms with Crippen LogP contribution in [0.25, 0.3) is 10.9 Å². The molecule has 0 atom stereocenters. The maximum atomic E-state index is 12.2. The molecule has 1 aromatic carbocycles. The number of carbonyl (C=O) groups excluding carboxylic acids is 1. The Morgan fingerprint density at radius 1 is 1.30 bits per heavy atom. The van der Waals surface area contributed by atoms with Crippen LogP contribution in [-0.4, -0.2) is 32.0 Å². The van der Waals surface area contributed by atoms with Crippen molar-refractivity contribution in [3.8, 4) is 0 Å². The van der Waals surface area contributed by atoms with Gasteiger partial charge in [0.05, 0.1) is 5.52 Å². The molecule has 0 radical (unpaired) electrons. The first-order valence-electron chi connectivity index (χ1n) is 6.55. The average molecular weight is 273 g/mol. The van der Waals surface area contributed by atoms with Crippen LogP contribution in [0.1, 0.15) is 12.5 Å². The Morgan fingerprint density at radius 2 is 2.00 bits per heavy atom. The molecule has 0 aliphatic rings. The zero-order chi connectivity index (χ0) is 14.9. The van der Waals surface area contributed by atoms with E-state index in [1.54, 1.807) is 0 Å². The van der Waals surface area contributed by atoms with Gasteiger partial charge in [0, 0.05) is 31.7 Å². The van der Waals surface area contributed by atoms with E-state index in [0.29, 0.717) is 18.6 Å². The third-order valence-electron chi connectivity index (χ3n) is 3.50. The van der Waals surface area contributed by atoms with Gasteiger partial charge in [-0.15, -0.1) is 0 Å². The number of rotatable bonds is 4. The molecule has 0 unspecified atom stereocenters. The highest BCUT2D eigenvalue weighted by molar-refractivity contribution is 5.91. The normalized spacial score (nSPS) is 10.6. The number of aromatic nitrogens is 1. The summed E-state index contributed by atoms with van der Waals surface area (Å²) in [7, 11) is 3.90. The van der Waals surface area contributed by atoms with E-state index >= 15 is 0 Å². The zero-order valence-corrected chi connectivity index (χ0v) is 12.2. The Hall–Kier alpha value is -2.30. The second kappa shape index (κ2) is 5.36. The van der Waals surface area contributed by atoms with Crippen LogP contribution < -0.4 is 15.4 Å². The molecule has 0 saturated carbocycles. The first-order chi connectivity index (χ1) is 9.49. The predicted octanol–water partition coefficient (Wildman–Crippen LogP) is 1.89. The van der Waals surface area contributed by atoms with Gasteiger partial charge in [0.15, 0.2) is 0 Å². The molecule has 0 fully saturated rings. The molecule has 1 N–H and O–H groups in total. The fourth-order valence-electron chi connectivity index (χ4n) is 2.35. The first-order valence-corrected chi connectivity index (χ1v) is 6.55. The second-order valence-electron chi connectivity index (χ2n) is 4.94. The number of nitrogens with zero attached hydrogens (tertiary/aromatic N) is 2. The van der Waals surface area contributed by atoms with Gasteiger partial charge in [-0.25, -0.2) is 0 Å². The number of fused-ring (bicyclic) bond motifs is 1. The molecule has 0 bridgehead atoms. The van der Waals surface area contributed by atoms with Crippen molar-refractivity contribution in [3.63, 3.8) is 0 Å². The highest BCUT2D eigenvalue weighted by Gasteiger charge is 2.14. The summed E-state index contributed by atoms with van der Waals surface area (Å²) in [5.41, 5.74) is 2.81. The lowest BCUT2D eigenvalue weighted by atomic mass is 10.1. The van der Waals surface area contributed by atoms with E-state index < -0.39 is 0 Å². The molecular weight excluding hydrogens is 254 g/mol. The van der Waals surface area contributed by atoms with E-state index in [1.165, 1.54) is 4.90 Å². The summed E-state index contributed by atoms with van der Waals surface area (Å²) in [6.45, 7) is 4.18. The molecule has 1 aromatic heterocycles. The van der Waals surface area contributed by atoms with Crippen molar-refractivity contribution in [2.75, 3.05) is 30.4 Å². The Kier molecular flexibility index (Phi) is 3.79. The van der Waals surface area contributed by atoms with Crippen molar-refractivity contribution in [1.29, 1.82) is 0 Å². The Morgan fingerprint density at radius 3 is 2.55 bits per heavy atom. The van der Waals surface area contributed by atoms with Crippen LogP contribution in [0.2, 0.25) is 0 Å². The number of aryl methyl sites for hydroxylation is 1. The van der Waals surface area contributed by atoms with E-state index in [2.05, 4.69) is 4.98 Å². The zero-order valence-electron chi connectivity index (χ0n) is 12.2. The number of hydrogen-bond acceptors (Lipinski definition) is 3. The fourth-order valence-corrected chi connectivity index (χ4v) is 2.35. The lowest BCUT2D eigenvalue weighted by Gasteiger charge is -2.19. The molecule has 106 valence electrons. The minimum absolute atomic E-state index is 0.236. The van der Waals surface area contributed by atoms with Crippen molar-refractivity contribution in [3.05, 3.63) is 34.1 Å². The van der Waals surface area contributed by atoms with Crippen molar-refractivity contribution in [2.24, 2.45) is 0 Å². The van der Waals surface area contributed by atoms with E-state index in [-0.39, 0.29) is 5.56 Å². The fraction of sp³-hybridized carbons (Fsp3) is 0.333. The van der Waals surface area contributed by atoms with Crippen LogP contribution in [0.3, 0.4) is 0 Å². The Labute approximate surface area is 117 Å². The monoisotopic (exact) mass is 273 g/mol. The van der Waals surface area contributed by atoms with Crippen LogP contribution in [0.15, 0.2) is 23.0 Å². The number of aromatic amines is 1. The Balaban J connectivity index is 2.74. The molecule has 2 aromatic rings. The van der Waals surface area contributed by atoms with Gasteiger partial charge in [0.2, 0.25) is 6.41 Å². The summed E-state index contributed by atoms with van der Waals surface area (Å²) in [5, 5.41) is 0.950. The second-order valence-corrected chi connectivity index (χ2v) is 4.94. The summed E-state index contributed by atoms with van der Waals surface area (Å²) < 4.78 is 0. The standard InChI is InChI=1S/C15H19N3O2/c1-5-18(9-19)14-10(2)12-7-6-11(17(3)4)8-13(12)16-15(14)20/h6-9H,5H2,1-4H3,(H,16,20). The SMILES string of the molecule is CCN(C=O)c1c(C)c2ccc(N(C)C)cc2[nH]c1=O. The van der Waals surface area contributed by atoms with Crippen LogP contribution in [0, 0.1) is 6.92 Å². The number of pyridine rings is 1. The maximum Gasteiger partial charge on any atom is 0.272 e. The maximum absolute atomic E-state index is 12.2. The number of anilines is 2. The third-order valence-corrected chi connectivity index (χ3v) is 3.50. The summed E-state index contributed by atoms with van der Waals surface area (Å²) in [4.78, 5) is 29.6. The molecule has 0 saturated heterocycles. The molecule has 5 nitrogen and oxygen atoms in total. The van der Waals surface area contributed by atoms with Gasteiger partial charge < -0.3 is 14.8 Å². The first kappa shape index (κ1) is 14.1. The number of amides is 1.